The van der Waals surface area contributed by atoms with Crippen LogP contribution >= 0.6 is 24.0 Å². The van der Waals surface area contributed by atoms with Crippen LogP contribution in [0.5, 0.6) is 11.5 Å². The molecule has 0 saturated carbocycles. The third-order valence-corrected chi connectivity index (χ3v) is 3.18. The van der Waals surface area contributed by atoms with E-state index < -0.39 is 12.1 Å². The van der Waals surface area contributed by atoms with E-state index in [-0.39, 0.29) is 19.2 Å². The first kappa shape index (κ1) is 15.4. The minimum atomic E-state index is -0.599. The highest BCUT2D eigenvalue weighted by Gasteiger charge is 2.23. The number of nitrogens with two attached hydrogens (primary N) is 1. The van der Waals surface area contributed by atoms with E-state index >= 15 is 0 Å². The number of ether oxygens (including phenoxy) is 2. The molecule has 4 nitrogen and oxygen atoms in total. The third kappa shape index (κ3) is 3.01. The van der Waals surface area contributed by atoms with E-state index in [1.807, 2.05) is 6.92 Å². The summed E-state index contributed by atoms with van der Waals surface area (Å²) in [5.41, 5.74) is 6.68. The number of aliphatic hydroxyl groups is 1. The zero-order valence-corrected chi connectivity index (χ0v) is 11.6. The Hall–Kier alpha value is -0.680. The summed E-state index contributed by atoms with van der Waals surface area (Å²) in [4.78, 5) is 0. The highest BCUT2D eigenvalue weighted by atomic mass is 35.5. The predicted molar refractivity (Wildman–Crippen MR) is 72.7 cm³/mol. The molecule has 0 amide bonds. The molecule has 2 atom stereocenters. The Labute approximate surface area is 117 Å². The minimum absolute atomic E-state index is 0. The molecule has 102 valence electrons. The molecule has 0 radical (unpaired) electrons. The molecule has 0 fully saturated rings. The molecule has 0 aliphatic carbocycles. The lowest BCUT2D eigenvalue weighted by Crippen LogP contribution is -2.26. The summed E-state index contributed by atoms with van der Waals surface area (Å²) in [5, 5.41) is 10.4. The van der Waals surface area contributed by atoms with Gasteiger partial charge in [-0.1, -0.05) is 24.9 Å². The Kier molecular flexibility index (Phi) is 5.53. The Morgan fingerprint density at radius 2 is 2.00 bits per heavy atom. The van der Waals surface area contributed by atoms with Crippen LogP contribution in [-0.2, 0) is 0 Å². The van der Waals surface area contributed by atoms with Crippen molar-refractivity contribution in [3.05, 3.63) is 22.7 Å². The van der Waals surface area contributed by atoms with Gasteiger partial charge in [0, 0.05) is 11.1 Å². The fourth-order valence-corrected chi connectivity index (χ4v) is 2.15. The predicted octanol–water partition coefficient (Wildman–Crippen LogP) is 2.65. The molecule has 3 N–H and O–H groups in total. The monoisotopic (exact) mass is 293 g/mol. The van der Waals surface area contributed by atoms with E-state index in [9.17, 15) is 5.11 Å². The van der Waals surface area contributed by atoms with Crippen molar-refractivity contribution in [1.82, 2.24) is 0 Å². The molecule has 1 aromatic rings. The Bertz CT molecular complexity index is 415. The van der Waals surface area contributed by atoms with Gasteiger partial charge in [-0.15, -0.1) is 12.4 Å². The Morgan fingerprint density at radius 3 is 2.61 bits per heavy atom. The Morgan fingerprint density at radius 1 is 1.39 bits per heavy atom. The van der Waals surface area contributed by atoms with Crippen LogP contribution in [-0.4, -0.2) is 18.0 Å². The number of hydrogen-bond acceptors (Lipinski definition) is 4. The second-order valence-corrected chi connectivity index (χ2v) is 4.52. The van der Waals surface area contributed by atoms with Gasteiger partial charge in [0.05, 0.1) is 12.1 Å². The smallest absolute Gasteiger partial charge is 0.231 e. The van der Waals surface area contributed by atoms with Crippen molar-refractivity contribution in [2.45, 2.75) is 31.9 Å². The molecule has 18 heavy (non-hydrogen) atoms. The van der Waals surface area contributed by atoms with Gasteiger partial charge in [-0.2, -0.15) is 0 Å². The van der Waals surface area contributed by atoms with Crippen LogP contribution in [0.4, 0.5) is 0 Å². The van der Waals surface area contributed by atoms with Crippen molar-refractivity contribution in [3.8, 4) is 11.5 Å². The maximum Gasteiger partial charge on any atom is 0.231 e. The van der Waals surface area contributed by atoms with E-state index in [2.05, 4.69) is 0 Å². The fourth-order valence-electron chi connectivity index (χ4n) is 1.87. The molecule has 0 bridgehead atoms. The van der Waals surface area contributed by atoms with Crippen LogP contribution in [0.3, 0.4) is 0 Å². The zero-order chi connectivity index (χ0) is 12.4. The summed E-state index contributed by atoms with van der Waals surface area (Å²) in [6, 6.07) is 2.92. The van der Waals surface area contributed by atoms with Crippen LogP contribution in [0.2, 0.25) is 5.02 Å². The summed E-state index contributed by atoms with van der Waals surface area (Å²) >= 11 is 6.12. The van der Waals surface area contributed by atoms with Crippen LogP contribution in [0.25, 0.3) is 0 Å². The molecule has 0 spiro atoms. The van der Waals surface area contributed by atoms with Crippen LogP contribution < -0.4 is 15.2 Å². The second kappa shape index (κ2) is 6.48. The normalized spacial score (nSPS) is 16.0. The number of fused-ring (bicyclic) bond motifs is 1. The largest absolute Gasteiger partial charge is 0.454 e. The van der Waals surface area contributed by atoms with Gasteiger partial charge in [-0.05, 0) is 18.1 Å². The van der Waals surface area contributed by atoms with Crippen molar-refractivity contribution in [2.24, 2.45) is 5.73 Å². The average molecular weight is 294 g/mol. The van der Waals surface area contributed by atoms with Crippen LogP contribution in [0.1, 0.15) is 31.4 Å². The zero-order valence-electron chi connectivity index (χ0n) is 10.1. The molecule has 1 aromatic carbocycles. The van der Waals surface area contributed by atoms with Gasteiger partial charge in [0.25, 0.3) is 0 Å². The van der Waals surface area contributed by atoms with Gasteiger partial charge < -0.3 is 20.3 Å². The topological polar surface area (TPSA) is 64.7 Å². The lowest BCUT2D eigenvalue weighted by Gasteiger charge is -2.20. The molecule has 6 heteroatoms. The molecular formula is C12H17Cl2NO3. The molecule has 0 unspecified atom stereocenters. The molecule has 0 saturated heterocycles. The van der Waals surface area contributed by atoms with E-state index in [0.717, 1.165) is 6.42 Å². The lowest BCUT2D eigenvalue weighted by atomic mass is 9.99. The van der Waals surface area contributed by atoms with Crippen LogP contribution in [0.15, 0.2) is 12.1 Å². The van der Waals surface area contributed by atoms with Crippen molar-refractivity contribution in [3.63, 3.8) is 0 Å². The highest BCUT2D eigenvalue weighted by Crippen LogP contribution is 2.39. The summed E-state index contributed by atoms with van der Waals surface area (Å²) in [7, 11) is 0. The van der Waals surface area contributed by atoms with Gasteiger partial charge in [-0.3, -0.25) is 0 Å². The molecular weight excluding hydrogens is 277 g/mol. The van der Waals surface area contributed by atoms with Gasteiger partial charge in [0.1, 0.15) is 0 Å². The summed E-state index contributed by atoms with van der Waals surface area (Å²) in [6.07, 6.45) is 0.918. The average Bonchev–Trinajstić information content (AvgIpc) is 2.74. The first-order chi connectivity index (χ1) is 8.13. The maximum atomic E-state index is 9.89. The van der Waals surface area contributed by atoms with Gasteiger partial charge in [0.15, 0.2) is 11.5 Å². The Balaban J connectivity index is 0.00000162. The van der Waals surface area contributed by atoms with E-state index in [1.54, 1.807) is 12.1 Å². The van der Waals surface area contributed by atoms with E-state index in [1.165, 1.54) is 0 Å². The quantitative estimate of drug-likeness (QED) is 0.896. The first-order valence-corrected chi connectivity index (χ1v) is 6.04. The summed E-state index contributed by atoms with van der Waals surface area (Å²) in [5.74, 6) is 1.25. The number of rotatable bonds is 4. The molecule has 0 aromatic heterocycles. The van der Waals surface area contributed by atoms with Crippen molar-refractivity contribution in [1.29, 1.82) is 0 Å². The molecule has 1 aliphatic heterocycles. The van der Waals surface area contributed by atoms with Gasteiger partial charge in [0.2, 0.25) is 6.79 Å². The van der Waals surface area contributed by atoms with E-state index in [4.69, 9.17) is 26.8 Å². The van der Waals surface area contributed by atoms with Crippen molar-refractivity contribution in [2.75, 3.05) is 6.79 Å². The van der Waals surface area contributed by atoms with Crippen LogP contribution in [0, 0.1) is 0 Å². The number of aliphatic hydroxyl groups excluding tert-OH is 1. The van der Waals surface area contributed by atoms with Crippen molar-refractivity contribution >= 4 is 24.0 Å². The third-order valence-electron chi connectivity index (χ3n) is 2.85. The minimum Gasteiger partial charge on any atom is -0.454 e. The fraction of sp³-hybridized carbons (Fsp3) is 0.500. The second-order valence-electron chi connectivity index (χ2n) is 4.11. The number of benzene rings is 1. The molecule has 2 rings (SSSR count). The first-order valence-electron chi connectivity index (χ1n) is 5.66. The lowest BCUT2D eigenvalue weighted by molar-refractivity contribution is 0.134. The SMILES string of the molecule is CCC[C@@H](O)[C@@H](N)c1cc2c(cc1Cl)OCO2.Cl. The standard InChI is InChI=1S/C12H16ClNO3.ClH/c1-2-3-9(15)12(14)7-4-10-11(5-8(7)13)17-6-16-10;/h4-5,9,12,15H,2-3,6,14H2,1H3;1H/t9-,12+;/m1./s1. The van der Waals surface area contributed by atoms with Gasteiger partial charge >= 0.3 is 0 Å². The van der Waals surface area contributed by atoms with E-state index in [0.29, 0.717) is 28.5 Å². The number of hydrogen-bond donors (Lipinski definition) is 2. The summed E-state index contributed by atoms with van der Waals surface area (Å²) in [6.45, 7) is 2.19. The maximum absolute atomic E-state index is 9.89. The highest BCUT2D eigenvalue weighted by molar-refractivity contribution is 6.31. The summed E-state index contributed by atoms with van der Waals surface area (Å²) < 4.78 is 10.5. The molecule has 1 heterocycles. The van der Waals surface area contributed by atoms with Crippen molar-refractivity contribution < 1.29 is 14.6 Å². The molecule has 1 aliphatic rings. The van der Waals surface area contributed by atoms with Gasteiger partial charge in [-0.25, -0.2) is 0 Å². The number of halogens is 2.